The standard InChI is InChI=1S/C8H5ClF4O/c9-4-5-3-6(1-2-7(5)10)14-8(11,12)13/h1-3H,4H2. The number of hydrogen-bond donors (Lipinski definition) is 0. The zero-order chi connectivity index (χ0) is 10.8. The summed E-state index contributed by atoms with van der Waals surface area (Å²) in [4.78, 5) is 0. The molecule has 0 bridgehead atoms. The van der Waals surface area contributed by atoms with Crippen molar-refractivity contribution in [2.45, 2.75) is 12.2 Å². The third-order valence-corrected chi connectivity index (χ3v) is 1.68. The highest BCUT2D eigenvalue weighted by Crippen LogP contribution is 2.25. The first-order valence-corrected chi connectivity index (χ1v) is 4.06. The van der Waals surface area contributed by atoms with E-state index in [0.717, 1.165) is 18.2 Å². The van der Waals surface area contributed by atoms with Crippen LogP contribution in [-0.2, 0) is 5.88 Å². The van der Waals surface area contributed by atoms with Gasteiger partial charge in [0.1, 0.15) is 11.6 Å². The van der Waals surface area contributed by atoms with Gasteiger partial charge in [-0.3, -0.25) is 0 Å². The molecule has 1 nitrogen and oxygen atoms in total. The Bertz CT molecular complexity index is 324. The first kappa shape index (κ1) is 11.1. The molecule has 0 N–H and O–H groups in total. The molecule has 0 atom stereocenters. The lowest BCUT2D eigenvalue weighted by Gasteiger charge is -2.09. The molecule has 0 fully saturated rings. The second kappa shape index (κ2) is 4.04. The van der Waals surface area contributed by atoms with E-state index in [1.807, 2.05) is 0 Å². The molecule has 1 rings (SSSR count). The SMILES string of the molecule is Fc1ccc(OC(F)(F)F)cc1CCl. The molecule has 78 valence electrons. The lowest BCUT2D eigenvalue weighted by atomic mass is 10.2. The Morgan fingerprint density at radius 3 is 2.43 bits per heavy atom. The van der Waals surface area contributed by atoms with E-state index in [0.29, 0.717) is 0 Å². The summed E-state index contributed by atoms with van der Waals surface area (Å²) in [6, 6.07) is 2.67. The van der Waals surface area contributed by atoms with Gasteiger partial charge in [-0.15, -0.1) is 24.8 Å². The number of ether oxygens (including phenoxy) is 1. The van der Waals surface area contributed by atoms with E-state index >= 15 is 0 Å². The lowest BCUT2D eigenvalue weighted by Crippen LogP contribution is -2.17. The van der Waals surface area contributed by atoms with Gasteiger partial charge in [-0.25, -0.2) is 4.39 Å². The summed E-state index contributed by atoms with van der Waals surface area (Å²) in [5.41, 5.74) is -0.0339. The van der Waals surface area contributed by atoms with Crippen LogP contribution in [0.2, 0.25) is 0 Å². The van der Waals surface area contributed by atoms with Crippen LogP contribution in [0.15, 0.2) is 18.2 Å². The van der Waals surface area contributed by atoms with Crippen LogP contribution in [-0.4, -0.2) is 6.36 Å². The number of rotatable bonds is 2. The number of alkyl halides is 4. The Balaban J connectivity index is 2.90. The summed E-state index contributed by atoms with van der Waals surface area (Å²) >= 11 is 5.30. The van der Waals surface area contributed by atoms with E-state index in [-0.39, 0.29) is 11.4 Å². The molecule has 0 amide bonds. The Morgan fingerprint density at radius 2 is 1.93 bits per heavy atom. The van der Waals surface area contributed by atoms with Crippen molar-refractivity contribution < 1.29 is 22.3 Å². The summed E-state index contributed by atoms with van der Waals surface area (Å²) in [5.74, 6) is -1.34. The highest BCUT2D eigenvalue weighted by Gasteiger charge is 2.31. The van der Waals surface area contributed by atoms with Crippen molar-refractivity contribution in [1.29, 1.82) is 0 Å². The second-order valence-corrected chi connectivity index (χ2v) is 2.70. The van der Waals surface area contributed by atoms with E-state index in [4.69, 9.17) is 11.6 Å². The van der Waals surface area contributed by atoms with Gasteiger partial charge in [0.15, 0.2) is 0 Å². The van der Waals surface area contributed by atoms with E-state index in [1.165, 1.54) is 0 Å². The first-order chi connectivity index (χ1) is 6.42. The molecular weight excluding hydrogens is 224 g/mol. The zero-order valence-corrected chi connectivity index (χ0v) is 7.49. The number of hydrogen-bond acceptors (Lipinski definition) is 1. The Kier molecular flexibility index (Phi) is 3.21. The van der Waals surface area contributed by atoms with Crippen molar-refractivity contribution in [3.05, 3.63) is 29.6 Å². The predicted octanol–water partition coefficient (Wildman–Crippen LogP) is 3.46. The fraction of sp³-hybridized carbons (Fsp3) is 0.250. The summed E-state index contributed by atoms with van der Waals surface area (Å²) in [5, 5.41) is 0. The monoisotopic (exact) mass is 228 g/mol. The topological polar surface area (TPSA) is 9.23 Å². The minimum absolute atomic E-state index is 0.0339. The summed E-state index contributed by atoms with van der Waals surface area (Å²) in [6.07, 6.45) is -4.78. The molecule has 0 aliphatic rings. The molecule has 0 aliphatic heterocycles. The lowest BCUT2D eigenvalue weighted by molar-refractivity contribution is -0.274. The van der Waals surface area contributed by atoms with Gasteiger partial charge in [0.25, 0.3) is 0 Å². The molecule has 14 heavy (non-hydrogen) atoms. The van der Waals surface area contributed by atoms with Crippen LogP contribution < -0.4 is 4.74 Å². The molecule has 0 radical (unpaired) electrons. The van der Waals surface area contributed by atoms with Crippen LogP contribution in [0.1, 0.15) is 5.56 Å². The molecule has 0 saturated heterocycles. The smallest absolute Gasteiger partial charge is 0.406 e. The average molecular weight is 229 g/mol. The molecular formula is C8H5ClF4O. The van der Waals surface area contributed by atoms with Crippen LogP contribution >= 0.6 is 11.6 Å². The van der Waals surface area contributed by atoms with Gasteiger partial charge >= 0.3 is 6.36 Å². The molecule has 0 aromatic heterocycles. The number of benzene rings is 1. The van der Waals surface area contributed by atoms with E-state index in [9.17, 15) is 17.6 Å². The van der Waals surface area contributed by atoms with Gasteiger partial charge in [0.05, 0.1) is 5.88 Å². The normalized spacial score (nSPS) is 11.5. The molecule has 0 aliphatic carbocycles. The third-order valence-electron chi connectivity index (χ3n) is 1.39. The average Bonchev–Trinajstić information content (AvgIpc) is 2.06. The zero-order valence-electron chi connectivity index (χ0n) is 6.74. The Labute approximate surface area is 82.2 Å². The molecule has 1 aromatic carbocycles. The van der Waals surface area contributed by atoms with Crippen molar-refractivity contribution in [3.63, 3.8) is 0 Å². The van der Waals surface area contributed by atoms with Crippen molar-refractivity contribution in [3.8, 4) is 5.75 Å². The fourth-order valence-corrected chi connectivity index (χ4v) is 1.06. The molecule has 1 aromatic rings. The van der Waals surface area contributed by atoms with Crippen LogP contribution in [0.25, 0.3) is 0 Å². The van der Waals surface area contributed by atoms with E-state index in [1.54, 1.807) is 0 Å². The predicted molar refractivity (Wildman–Crippen MR) is 42.6 cm³/mol. The van der Waals surface area contributed by atoms with Crippen LogP contribution in [0, 0.1) is 5.82 Å². The van der Waals surface area contributed by atoms with Gasteiger partial charge in [-0.2, -0.15) is 0 Å². The van der Waals surface area contributed by atoms with Crippen molar-refractivity contribution >= 4 is 11.6 Å². The minimum Gasteiger partial charge on any atom is -0.406 e. The Morgan fingerprint density at radius 1 is 1.29 bits per heavy atom. The molecule has 6 heteroatoms. The quantitative estimate of drug-likeness (QED) is 0.556. The molecule has 0 spiro atoms. The molecule has 0 heterocycles. The molecule has 0 saturated carbocycles. The van der Waals surface area contributed by atoms with Gasteiger partial charge in [0, 0.05) is 5.56 Å². The third kappa shape index (κ3) is 3.06. The highest BCUT2D eigenvalue weighted by atomic mass is 35.5. The van der Waals surface area contributed by atoms with Crippen molar-refractivity contribution in [2.75, 3.05) is 0 Å². The fourth-order valence-electron chi connectivity index (χ4n) is 0.851. The summed E-state index contributed by atoms with van der Waals surface area (Å²) in [7, 11) is 0. The van der Waals surface area contributed by atoms with Gasteiger partial charge < -0.3 is 4.74 Å². The maximum absolute atomic E-state index is 12.8. The summed E-state index contributed by atoms with van der Waals surface area (Å²) < 4.78 is 51.5. The minimum atomic E-state index is -4.78. The van der Waals surface area contributed by atoms with Crippen LogP contribution in [0.5, 0.6) is 5.75 Å². The van der Waals surface area contributed by atoms with Gasteiger partial charge in [-0.05, 0) is 18.2 Å². The van der Waals surface area contributed by atoms with Gasteiger partial charge in [-0.1, -0.05) is 0 Å². The van der Waals surface area contributed by atoms with Gasteiger partial charge in [0.2, 0.25) is 0 Å². The second-order valence-electron chi connectivity index (χ2n) is 2.43. The highest BCUT2D eigenvalue weighted by molar-refractivity contribution is 6.17. The van der Waals surface area contributed by atoms with Crippen molar-refractivity contribution in [1.82, 2.24) is 0 Å². The maximum Gasteiger partial charge on any atom is 0.573 e. The Hall–Kier alpha value is -0.970. The first-order valence-electron chi connectivity index (χ1n) is 3.52. The van der Waals surface area contributed by atoms with Crippen LogP contribution in [0.4, 0.5) is 17.6 Å². The van der Waals surface area contributed by atoms with Crippen molar-refractivity contribution in [2.24, 2.45) is 0 Å². The maximum atomic E-state index is 12.8. The summed E-state index contributed by atoms with van der Waals surface area (Å²) in [6.45, 7) is 0. The number of halogens is 5. The van der Waals surface area contributed by atoms with Crippen LogP contribution in [0.3, 0.4) is 0 Å². The van der Waals surface area contributed by atoms with E-state index < -0.39 is 17.9 Å². The van der Waals surface area contributed by atoms with E-state index in [2.05, 4.69) is 4.74 Å². The largest absolute Gasteiger partial charge is 0.573 e. The molecule has 0 unspecified atom stereocenters.